The van der Waals surface area contributed by atoms with Gasteiger partial charge < -0.3 is 4.74 Å². The zero-order valence-electron chi connectivity index (χ0n) is 11.3. The molecule has 0 amide bonds. The van der Waals surface area contributed by atoms with Crippen LogP contribution in [-0.2, 0) is 0 Å². The molecule has 0 aliphatic rings. The number of unbranched alkanes of at least 4 members (excludes halogenated alkanes) is 1. The van der Waals surface area contributed by atoms with E-state index in [9.17, 15) is 10.1 Å². The maximum Gasteiger partial charge on any atom is 0.269 e. The molecule has 1 atom stereocenters. The molecule has 1 aromatic carbocycles. The van der Waals surface area contributed by atoms with Crippen LogP contribution in [0.1, 0.15) is 26.2 Å². The van der Waals surface area contributed by atoms with Gasteiger partial charge in [-0.2, -0.15) is 5.26 Å². The zero-order chi connectivity index (χ0) is 15.0. The fraction of sp³-hybridized carbons (Fsp3) is 0.357. The summed E-state index contributed by atoms with van der Waals surface area (Å²) < 4.78 is 5.69. The largest absolute Gasteiger partial charge is 0.495 e. The first-order chi connectivity index (χ1) is 9.52. The average molecular weight is 288 g/mol. The molecule has 5 nitrogen and oxygen atoms in total. The van der Waals surface area contributed by atoms with Gasteiger partial charge in [-0.25, -0.2) is 0 Å². The van der Waals surface area contributed by atoms with Gasteiger partial charge in [-0.15, -0.1) is 6.58 Å². The van der Waals surface area contributed by atoms with Crippen LogP contribution in [0.3, 0.4) is 0 Å². The number of nitro groups is 1. The molecule has 1 aromatic rings. The van der Waals surface area contributed by atoms with Crippen LogP contribution in [0.15, 0.2) is 36.0 Å². The molecule has 1 unspecified atom stereocenters. The van der Waals surface area contributed by atoms with Gasteiger partial charge in [-0.1, -0.05) is 5.20 Å². The Balaban J connectivity index is 2.42. The number of nitriles is 1. The van der Waals surface area contributed by atoms with Gasteiger partial charge in [0.15, 0.2) is 0 Å². The molecule has 1 rings (SSSR count). The summed E-state index contributed by atoms with van der Waals surface area (Å²) in [7, 11) is 0.449. The second kappa shape index (κ2) is 8.12. The third-order valence-corrected chi connectivity index (χ3v) is 3.72. The quantitative estimate of drug-likeness (QED) is 0.318. The number of hydrogen-bond donors (Lipinski definition) is 0. The number of nitrogens with zero attached hydrogens (tertiary/aromatic N) is 2. The second-order valence-electron chi connectivity index (χ2n) is 4.27. The van der Waals surface area contributed by atoms with Crippen molar-refractivity contribution in [1.29, 1.82) is 5.26 Å². The van der Waals surface area contributed by atoms with E-state index >= 15 is 0 Å². The van der Waals surface area contributed by atoms with Crippen molar-refractivity contribution in [3.63, 3.8) is 0 Å². The summed E-state index contributed by atoms with van der Waals surface area (Å²) in [6.45, 7) is 5.92. The number of non-ortho nitro benzene ring substituents is 1. The predicted octanol–water partition coefficient (Wildman–Crippen LogP) is 3.23. The maximum atomic E-state index is 10.5. The highest BCUT2D eigenvalue weighted by molar-refractivity contribution is 6.46. The van der Waals surface area contributed by atoms with E-state index in [0.717, 1.165) is 18.0 Å². The lowest BCUT2D eigenvalue weighted by molar-refractivity contribution is -0.384. The molecule has 0 N–H and O–H groups in total. The Kier molecular flexibility index (Phi) is 6.47. The predicted molar refractivity (Wildman–Crippen MR) is 77.5 cm³/mol. The SMILES string of the molecule is C=C(CCCC#N)[Si]C(C)Oc1ccc([N+](=O)[O-])cc1. The summed E-state index contributed by atoms with van der Waals surface area (Å²) in [4.78, 5) is 10.1. The molecule has 0 bridgehead atoms. The Hall–Kier alpha value is -2.13. The van der Waals surface area contributed by atoms with Gasteiger partial charge in [-0.3, -0.25) is 10.1 Å². The summed E-state index contributed by atoms with van der Waals surface area (Å²) in [6.07, 6.45) is 2.20. The van der Waals surface area contributed by atoms with Gasteiger partial charge >= 0.3 is 0 Å². The number of nitro benzene ring substituents is 1. The monoisotopic (exact) mass is 288 g/mol. The van der Waals surface area contributed by atoms with Crippen LogP contribution in [0.2, 0.25) is 0 Å². The van der Waals surface area contributed by atoms with Crippen LogP contribution in [0.25, 0.3) is 0 Å². The van der Waals surface area contributed by atoms with Crippen molar-refractivity contribution in [3.8, 4) is 11.8 Å². The Morgan fingerprint density at radius 1 is 1.55 bits per heavy atom. The molecular weight excluding hydrogens is 272 g/mol. The molecule has 0 saturated heterocycles. The van der Waals surface area contributed by atoms with E-state index in [-0.39, 0.29) is 11.4 Å². The number of ether oxygens (including phenoxy) is 1. The fourth-order valence-corrected chi connectivity index (χ4v) is 2.71. The smallest absolute Gasteiger partial charge is 0.269 e. The molecule has 0 heterocycles. The molecule has 0 saturated carbocycles. The van der Waals surface area contributed by atoms with Crippen molar-refractivity contribution < 1.29 is 9.66 Å². The molecule has 0 spiro atoms. The van der Waals surface area contributed by atoms with E-state index in [4.69, 9.17) is 10.00 Å². The molecular formula is C14H16N2O3Si. The number of rotatable bonds is 8. The van der Waals surface area contributed by atoms with Crippen LogP contribution in [0.5, 0.6) is 5.75 Å². The number of benzene rings is 1. The van der Waals surface area contributed by atoms with Gasteiger partial charge in [0.25, 0.3) is 5.69 Å². The fourth-order valence-electron chi connectivity index (χ4n) is 1.62. The summed E-state index contributed by atoms with van der Waals surface area (Å²) in [5, 5.41) is 20.1. The van der Waals surface area contributed by atoms with Crippen LogP contribution < -0.4 is 4.74 Å². The molecule has 20 heavy (non-hydrogen) atoms. The van der Waals surface area contributed by atoms with Crippen molar-refractivity contribution in [2.24, 2.45) is 0 Å². The van der Waals surface area contributed by atoms with Gasteiger partial charge in [-0.05, 0) is 31.9 Å². The highest BCUT2D eigenvalue weighted by Gasteiger charge is 2.10. The molecule has 0 aromatic heterocycles. The summed E-state index contributed by atoms with van der Waals surface area (Å²) >= 11 is 0. The van der Waals surface area contributed by atoms with Gasteiger partial charge in [0.1, 0.15) is 15.3 Å². The summed E-state index contributed by atoms with van der Waals surface area (Å²) in [5.41, 5.74) is 0.0272. The van der Waals surface area contributed by atoms with E-state index in [0.29, 0.717) is 21.7 Å². The van der Waals surface area contributed by atoms with Crippen molar-refractivity contribution in [2.45, 2.75) is 31.9 Å². The Bertz CT molecular complexity index is 508. The van der Waals surface area contributed by atoms with Gasteiger partial charge in [0.05, 0.1) is 16.7 Å². The molecule has 104 valence electrons. The third-order valence-electron chi connectivity index (χ3n) is 2.53. The lowest BCUT2D eigenvalue weighted by Gasteiger charge is -2.14. The molecule has 0 fully saturated rings. The lowest BCUT2D eigenvalue weighted by Crippen LogP contribution is -2.21. The minimum atomic E-state index is -0.438. The Morgan fingerprint density at radius 2 is 2.20 bits per heavy atom. The Morgan fingerprint density at radius 3 is 2.75 bits per heavy atom. The summed E-state index contributed by atoms with van der Waals surface area (Å²) in [5.74, 6) is 0.612. The van der Waals surface area contributed by atoms with E-state index in [1.807, 2.05) is 6.92 Å². The molecule has 0 aliphatic carbocycles. The van der Waals surface area contributed by atoms with Crippen LogP contribution in [0, 0.1) is 21.4 Å². The first-order valence-corrected chi connectivity index (χ1v) is 7.33. The van der Waals surface area contributed by atoms with Crippen LogP contribution in [0.4, 0.5) is 5.69 Å². The molecule has 0 aliphatic heterocycles. The van der Waals surface area contributed by atoms with E-state index in [1.54, 1.807) is 12.1 Å². The van der Waals surface area contributed by atoms with Gasteiger partial charge in [0, 0.05) is 18.6 Å². The van der Waals surface area contributed by atoms with Crippen LogP contribution >= 0.6 is 0 Å². The highest BCUT2D eigenvalue weighted by Crippen LogP contribution is 2.18. The molecule has 2 radical (unpaired) electrons. The van der Waals surface area contributed by atoms with E-state index in [1.165, 1.54) is 12.1 Å². The normalized spacial score (nSPS) is 11.4. The van der Waals surface area contributed by atoms with Crippen molar-refractivity contribution in [3.05, 3.63) is 46.2 Å². The average Bonchev–Trinajstić information content (AvgIpc) is 2.39. The van der Waals surface area contributed by atoms with E-state index in [2.05, 4.69) is 12.6 Å². The first-order valence-electron chi connectivity index (χ1n) is 6.25. The topological polar surface area (TPSA) is 76.2 Å². The second-order valence-corrected chi connectivity index (χ2v) is 6.08. The van der Waals surface area contributed by atoms with Crippen molar-refractivity contribution >= 4 is 15.2 Å². The first kappa shape index (κ1) is 15.9. The minimum absolute atomic E-state index is 0.0222. The number of hydrogen-bond acceptors (Lipinski definition) is 4. The van der Waals surface area contributed by atoms with Crippen molar-refractivity contribution in [2.75, 3.05) is 0 Å². The highest BCUT2D eigenvalue weighted by atomic mass is 28.2. The van der Waals surface area contributed by atoms with Gasteiger partial charge in [0.2, 0.25) is 0 Å². The van der Waals surface area contributed by atoms with E-state index < -0.39 is 4.92 Å². The minimum Gasteiger partial charge on any atom is -0.495 e. The Labute approximate surface area is 120 Å². The van der Waals surface area contributed by atoms with Crippen LogP contribution in [-0.4, -0.2) is 20.2 Å². The standard InChI is InChI=1S/C14H16N2O3Si/c1-11(5-3-4-10-15)20-12(2)19-14-8-6-13(7-9-14)16(17)18/h6-9,12H,1,3-5H2,2H3. The molecule has 6 heteroatoms. The lowest BCUT2D eigenvalue weighted by atomic mass is 10.2. The summed E-state index contributed by atoms with van der Waals surface area (Å²) in [6, 6.07) is 8.14. The third kappa shape index (κ3) is 5.67. The maximum absolute atomic E-state index is 10.5. The van der Waals surface area contributed by atoms with Crippen molar-refractivity contribution in [1.82, 2.24) is 0 Å². The zero-order valence-corrected chi connectivity index (χ0v) is 12.3. The number of allylic oxidation sites excluding steroid dienone is 1.